The van der Waals surface area contributed by atoms with E-state index in [-0.39, 0.29) is 0 Å². The van der Waals surface area contributed by atoms with Crippen molar-refractivity contribution < 1.29 is 9.90 Å². The van der Waals surface area contributed by atoms with E-state index in [4.69, 9.17) is 5.11 Å². The van der Waals surface area contributed by atoms with Crippen LogP contribution in [0.1, 0.15) is 53.2 Å². The van der Waals surface area contributed by atoms with Crippen LogP contribution in [-0.2, 0) is 6.54 Å². The number of thiophene rings is 1. The van der Waals surface area contributed by atoms with Gasteiger partial charge in [0.2, 0.25) is 0 Å². The van der Waals surface area contributed by atoms with Crippen LogP contribution in [0.3, 0.4) is 0 Å². The smallest absolute Gasteiger partial charge is 0.345 e. The summed E-state index contributed by atoms with van der Waals surface area (Å²) in [5, 5.41) is 12.3. The van der Waals surface area contributed by atoms with Crippen LogP contribution in [0.5, 0.6) is 0 Å². The number of carboxylic acids is 1. The van der Waals surface area contributed by atoms with Crippen molar-refractivity contribution >= 4 is 17.3 Å². The predicted molar refractivity (Wildman–Crippen MR) is 71.8 cm³/mol. The Hall–Kier alpha value is -0.870. The van der Waals surface area contributed by atoms with Crippen LogP contribution < -0.4 is 5.32 Å². The monoisotopic (exact) mass is 255 g/mol. The van der Waals surface area contributed by atoms with E-state index in [0.717, 1.165) is 17.0 Å². The first kappa shape index (κ1) is 14.2. The van der Waals surface area contributed by atoms with E-state index in [2.05, 4.69) is 19.2 Å². The Labute approximate surface area is 107 Å². The molecule has 1 atom stereocenters. The maximum Gasteiger partial charge on any atom is 0.345 e. The van der Waals surface area contributed by atoms with Gasteiger partial charge in [-0.25, -0.2) is 4.79 Å². The molecule has 0 aliphatic carbocycles. The molecule has 0 saturated heterocycles. The molecule has 4 heteroatoms. The standard InChI is InChI=1S/C13H21NO2S/c1-4-5-6-9(2)14-8-11-7-12(13(15)16)17-10(11)3/h7,9,14H,4-6,8H2,1-3H3,(H,15,16). The summed E-state index contributed by atoms with van der Waals surface area (Å²) in [6, 6.07) is 2.27. The molecule has 0 saturated carbocycles. The topological polar surface area (TPSA) is 49.3 Å². The van der Waals surface area contributed by atoms with Gasteiger partial charge < -0.3 is 10.4 Å². The zero-order chi connectivity index (χ0) is 12.8. The Morgan fingerprint density at radius 1 is 1.59 bits per heavy atom. The van der Waals surface area contributed by atoms with Crippen molar-refractivity contribution in [1.82, 2.24) is 5.32 Å². The minimum Gasteiger partial charge on any atom is -0.477 e. The number of aryl methyl sites for hydroxylation is 1. The van der Waals surface area contributed by atoms with Crippen LogP contribution >= 0.6 is 11.3 Å². The summed E-state index contributed by atoms with van der Waals surface area (Å²) in [5.41, 5.74) is 1.11. The van der Waals surface area contributed by atoms with E-state index in [1.165, 1.54) is 30.6 Å². The summed E-state index contributed by atoms with van der Waals surface area (Å²) in [6.07, 6.45) is 3.62. The number of nitrogens with one attached hydrogen (secondary N) is 1. The van der Waals surface area contributed by atoms with Crippen molar-refractivity contribution in [2.45, 2.75) is 52.6 Å². The lowest BCUT2D eigenvalue weighted by Gasteiger charge is -2.12. The Morgan fingerprint density at radius 2 is 2.29 bits per heavy atom. The fraction of sp³-hybridized carbons (Fsp3) is 0.615. The largest absolute Gasteiger partial charge is 0.477 e. The average molecular weight is 255 g/mol. The number of hydrogen-bond acceptors (Lipinski definition) is 3. The van der Waals surface area contributed by atoms with Gasteiger partial charge in [0.15, 0.2) is 0 Å². The number of hydrogen-bond donors (Lipinski definition) is 2. The zero-order valence-corrected chi connectivity index (χ0v) is 11.6. The highest BCUT2D eigenvalue weighted by molar-refractivity contribution is 7.14. The molecular formula is C13H21NO2S. The van der Waals surface area contributed by atoms with E-state index >= 15 is 0 Å². The molecule has 0 amide bonds. The Bertz CT molecular complexity index is 373. The van der Waals surface area contributed by atoms with Gasteiger partial charge in [-0.2, -0.15) is 0 Å². The molecule has 0 aliphatic rings. The normalized spacial score (nSPS) is 12.6. The molecule has 3 nitrogen and oxygen atoms in total. The Kier molecular flexibility index (Phi) is 5.65. The van der Waals surface area contributed by atoms with Crippen LogP contribution in [0.2, 0.25) is 0 Å². The van der Waals surface area contributed by atoms with E-state index in [9.17, 15) is 4.79 Å². The molecule has 17 heavy (non-hydrogen) atoms. The van der Waals surface area contributed by atoms with Gasteiger partial charge in [0.05, 0.1) is 0 Å². The maximum atomic E-state index is 10.8. The first-order valence-electron chi connectivity index (χ1n) is 6.10. The lowest BCUT2D eigenvalue weighted by atomic mass is 10.1. The average Bonchev–Trinajstić information content (AvgIpc) is 2.65. The van der Waals surface area contributed by atoms with E-state index in [0.29, 0.717) is 10.9 Å². The molecule has 2 N–H and O–H groups in total. The molecule has 0 aliphatic heterocycles. The summed E-state index contributed by atoms with van der Waals surface area (Å²) in [4.78, 5) is 12.4. The highest BCUT2D eigenvalue weighted by atomic mass is 32.1. The van der Waals surface area contributed by atoms with Crippen LogP contribution in [0, 0.1) is 6.92 Å². The van der Waals surface area contributed by atoms with Gasteiger partial charge in [0.25, 0.3) is 0 Å². The first-order chi connectivity index (χ1) is 8.04. The predicted octanol–water partition coefficient (Wildman–Crippen LogP) is 3.42. The zero-order valence-electron chi connectivity index (χ0n) is 10.7. The van der Waals surface area contributed by atoms with Crippen molar-refractivity contribution in [3.8, 4) is 0 Å². The van der Waals surface area contributed by atoms with Gasteiger partial charge in [-0.15, -0.1) is 11.3 Å². The maximum absolute atomic E-state index is 10.8. The Morgan fingerprint density at radius 3 is 2.82 bits per heavy atom. The highest BCUT2D eigenvalue weighted by Crippen LogP contribution is 2.21. The minimum absolute atomic E-state index is 0.431. The van der Waals surface area contributed by atoms with Gasteiger partial charge in [0.1, 0.15) is 4.88 Å². The summed E-state index contributed by atoms with van der Waals surface area (Å²) in [6.45, 7) is 7.11. The molecular weight excluding hydrogens is 234 g/mol. The first-order valence-corrected chi connectivity index (χ1v) is 6.92. The van der Waals surface area contributed by atoms with Crippen molar-refractivity contribution in [3.63, 3.8) is 0 Å². The van der Waals surface area contributed by atoms with Crippen molar-refractivity contribution in [3.05, 3.63) is 21.4 Å². The van der Waals surface area contributed by atoms with Crippen LogP contribution in [0.25, 0.3) is 0 Å². The molecule has 96 valence electrons. The van der Waals surface area contributed by atoms with Gasteiger partial charge in [-0.1, -0.05) is 19.8 Å². The number of carboxylic acid groups (broad SMARTS) is 1. The molecule has 0 bridgehead atoms. The third-order valence-electron chi connectivity index (χ3n) is 2.86. The molecule has 0 fully saturated rings. The minimum atomic E-state index is -0.830. The molecule has 1 rings (SSSR count). The van der Waals surface area contributed by atoms with Crippen molar-refractivity contribution in [2.24, 2.45) is 0 Å². The molecule has 0 aromatic carbocycles. The van der Waals surface area contributed by atoms with E-state index in [1.807, 2.05) is 6.92 Å². The van der Waals surface area contributed by atoms with Crippen LogP contribution in [-0.4, -0.2) is 17.1 Å². The lowest BCUT2D eigenvalue weighted by Crippen LogP contribution is -2.25. The van der Waals surface area contributed by atoms with Gasteiger partial charge >= 0.3 is 5.97 Å². The van der Waals surface area contributed by atoms with E-state index < -0.39 is 5.97 Å². The summed E-state index contributed by atoms with van der Waals surface area (Å²) < 4.78 is 0. The SMILES string of the molecule is CCCCC(C)NCc1cc(C(=O)O)sc1C. The van der Waals surface area contributed by atoms with Crippen LogP contribution in [0.4, 0.5) is 0 Å². The summed E-state index contributed by atoms with van der Waals surface area (Å²) in [7, 11) is 0. The van der Waals surface area contributed by atoms with Crippen LogP contribution in [0.15, 0.2) is 6.07 Å². The second-order valence-corrected chi connectivity index (χ2v) is 5.68. The number of carbonyl (C=O) groups is 1. The highest BCUT2D eigenvalue weighted by Gasteiger charge is 2.11. The van der Waals surface area contributed by atoms with Crippen molar-refractivity contribution in [1.29, 1.82) is 0 Å². The molecule has 1 heterocycles. The second-order valence-electron chi connectivity index (χ2n) is 4.42. The quantitative estimate of drug-likeness (QED) is 0.785. The van der Waals surface area contributed by atoms with E-state index in [1.54, 1.807) is 6.07 Å². The summed E-state index contributed by atoms with van der Waals surface area (Å²) in [5.74, 6) is -0.830. The summed E-state index contributed by atoms with van der Waals surface area (Å²) >= 11 is 1.35. The fourth-order valence-corrected chi connectivity index (χ4v) is 2.58. The van der Waals surface area contributed by atoms with Gasteiger partial charge in [-0.3, -0.25) is 0 Å². The fourth-order valence-electron chi connectivity index (χ4n) is 1.70. The second kappa shape index (κ2) is 6.77. The molecule has 1 unspecified atom stereocenters. The third-order valence-corrected chi connectivity index (χ3v) is 3.94. The molecule has 0 radical (unpaired) electrons. The van der Waals surface area contributed by atoms with Gasteiger partial charge in [0, 0.05) is 17.5 Å². The number of unbranched alkanes of at least 4 members (excludes halogenated alkanes) is 1. The molecule has 0 spiro atoms. The van der Waals surface area contributed by atoms with Crippen molar-refractivity contribution in [2.75, 3.05) is 0 Å². The number of rotatable bonds is 7. The van der Waals surface area contributed by atoms with Gasteiger partial charge in [-0.05, 0) is 31.9 Å². The third kappa shape index (κ3) is 4.48. The number of aromatic carboxylic acids is 1. The molecule has 1 aromatic heterocycles. The lowest BCUT2D eigenvalue weighted by molar-refractivity contribution is 0.0702. The molecule has 1 aromatic rings. The Balaban J connectivity index is 2.48.